The van der Waals surface area contributed by atoms with Gasteiger partial charge in [-0.05, 0) is 36.5 Å². The fourth-order valence-corrected chi connectivity index (χ4v) is 2.97. The summed E-state index contributed by atoms with van der Waals surface area (Å²) in [5.74, 6) is 2.76. The zero-order chi connectivity index (χ0) is 9.97. The molecular weight excluding hydrogens is 172 g/mol. The Hall–Kier alpha value is -0.820. The first-order valence-corrected chi connectivity index (χ1v) is 5.43. The van der Waals surface area contributed by atoms with E-state index in [-0.39, 0.29) is 6.61 Å². The van der Waals surface area contributed by atoms with Crippen LogP contribution in [0, 0.1) is 23.7 Å². The second-order valence-corrected chi connectivity index (χ2v) is 4.31. The van der Waals surface area contributed by atoms with E-state index in [1.807, 2.05) is 6.08 Å². The molecule has 0 radical (unpaired) electrons. The van der Waals surface area contributed by atoms with E-state index in [1.54, 1.807) is 0 Å². The first-order chi connectivity index (χ1) is 6.86. The number of fused-ring (bicyclic) bond motifs is 1. The molecule has 4 unspecified atom stereocenters. The van der Waals surface area contributed by atoms with Crippen molar-refractivity contribution in [1.82, 2.24) is 0 Å². The van der Waals surface area contributed by atoms with Crippen LogP contribution < -0.4 is 0 Å². The molecule has 2 aliphatic rings. The lowest BCUT2D eigenvalue weighted by molar-refractivity contribution is 0.341. The van der Waals surface area contributed by atoms with Crippen molar-refractivity contribution in [2.45, 2.75) is 12.8 Å². The predicted molar refractivity (Wildman–Crippen MR) is 58.8 cm³/mol. The largest absolute Gasteiger partial charge is 0.392 e. The van der Waals surface area contributed by atoms with Crippen LogP contribution >= 0.6 is 0 Å². The number of aliphatic hydroxyl groups excluding tert-OH is 1. The van der Waals surface area contributed by atoms with Crippen molar-refractivity contribution in [2.75, 3.05) is 6.61 Å². The average Bonchev–Trinajstić information content (AvgIpc) is 2.76. The van der Waals surface area contributed by atoms with Crippen molar-refractivity contribution < 1.29 is 5.11 Å². The smallest absolute Gasteiger partial charge is 0.0612 e. The van der Waals surface area contributed by atoms with Crippen LogP contribution in [-0.4, -0.2) is 11.7 Å². The van der Waals surface area contributed by atoms with Gasteiger partial charge in [0.2, 0.25) is 0 Å². The standard InChI is InChI=1S/C13H18O/c1-2-10-9-11(5-4-8-14)13-7-3-6-12(10)13/h2-5,7,10-14H,1,6,8-9H2. The van der Waals surface area contributed by atoms with Gasteiger partial charge in [0.05, 0.1) is 6.61 Å². The van der Waals surface area contributed by atoms with E-state index in [0.717, 1.165) is 5.92 Å². The summed E-state index contributed by atoms with van der Waals surface area (Å²) in [6.07, 6.45) is 13.2. The molecule has 0 aromatic heterocycles. The van der Waals surface area contributed by atoms with Crippen molar-refractivity contribution in [3.63, 3.8) is 0 Å². The van der Waals surface area contributed by atoms with Gasteiger partial charge in [-0.15, -0.1) is 6.58 Å². The molecule has 1 fully saturated rings. The van der Waals surface area contributed by atoms with Crippen molar-refractivity contribution in [1.29, 1.82) is 0 Å². The number of aliphatic hydroxyl groups is 1. The molecule has 0 spiro atoms. The van der Waals surface area contributed by atoms with E-state index in [0.29, 0.717) is 17.8 Å². The minimum Gasteiger partial charge on any atom is -0.392 e. The highest BCUT2D eigenvalue weighted by Crippen LogP contribution is 2.48. The minimum absolute atomic E-state index is 0.163. The van der Waals surface area contributed by atoms with E-state index in [1.165, 1.54) is 12.8 Å². The van der Waals surface area contributed by atoms with Gasteiger partial charge in [-0.2, -0.15) is 0 Å². The quantitative estimate of drug-likeness (QED) is 0.678. The monoisotopic (exact) mass is 190 g/mol. The van der Waals surface area contributed by atoms with Crippen molar-refractivity contribution in [2.24, 2.45) is 23.7 Å². The molecule has 0 amide bonds. The number of hydrogen-bond acceptors (Lipinski definition) is 1. The highest BCUT2D eigenvalue weighted by Gasteiger charge is 2.40. The summed E-state index contributed by atoms with van der Waals surface area (Å²) >= 11 is 0. The van der Waals surface area contributed by atoms with Gasteiger partial charge in [0.15, 0.2) is 0 Å². The Labute approximate surface area is 85.8 Å². The van der Waals surface area contributed by atoms with Crippen LogP contribution in [0.5, 0.6) is 0 Å². The van der Waals surface area contributed by atoms with Gasteiger partial charge < -0.3 is 5.11 Å². The third-order valence-corrected chi connectivity index (χ3v) is 3.64. The lowest BCUT2D eigenvalue weighted by Gasteiger charge is -2.14. The molecule has 1 nitrogen and oxygen atoms in total. The van der Waals surface area contributed by atoms with Gasteiger partial charge in [-0.25, -0.2) is 0 Å². The maximum Gasteiger partial charge on any atom is 0.0612 e. The predicted octanol–water partition coefficient (Wildman–Crippen LogP) is 2.55. The second kappa shape index (κ2) is 4.14. The summed E-state index contributed by atoms with van der Waals surface area (Å²) in [4.78, 5) is 0. The summed E-state index contributed by atoms with van der Waals surface area (Å²) in [6.45, 7) is 4.08. The average molecular weight is 190 g/mol. The van der Waals surface area contributed by atoms with Gasteiger partial charge >= 0.3 is 0 Å². The van der Waals surface area contributed by atoms with Gasteiger partial charge in [-0.3, -0.25) is 0 Å². The summed E-state index contributed by atoms with van der Waals surface area (Å²) in [6, 6.07) is 0. The molecule has 1 heteroatoms. The highest BCUT2D eigenvalue weighted by molar-refractivity contribution is 5.15. The zero-order valence-corrected chi connectivity index (χ0v) is 8.47. The van der Waals surface area contributed by atoms with Crippen molar-refractivity contribution in [3.8, 4) is 0 Å². The van der Waals surface area contributed by atoms with Gasteiger partial charge in [0.1, 0.15) is 0 Å². The molecule has 1 N–H and O–H groups in total. The SMILES string of the molecule is C=CC1CC(C=CCO)C2C=CCC12. The Morgan fingerprint density at radius 1 is 1.43 bits per heavy atom. The van der Waals surface area contributed by atoms with Gasteiger partial charge in [-0.1, -0.05) is 30.4 Å². The fraction of sp³-hybridized carbons (Fsp3) is 0.538. The maximum atomic E-state index is 8.77. The first kappa shape index (κ1) is 9.72. The Morgan fingerprint density at radius 2 is 2.29 bits per heavy atom. The molecule has 1 saturated carbocycles. The molecule has 76 valence electrons. The van der Waals surface area contributed by atoms with Crippen LogP contribution in [0.25, 0.3) is 0 Å². The first-order valence-electron chi connectivity index (χ1n) is 5.43. The van der Waals surface area contributed by atoms with E-state index in [2.05, 4.69) is 30.9 Å². The Morgan fingerprint density at radius 3 is 3.00 bits per heavy atom. The zero-order valence-electron chi connectivity index (χ0n) is 8.47. The molecule has 0 aromatic carbocycles. The molecule has 0 saturated heterocycles. The molecule has 0 aromatic rings. The van der Waals surface area contributed by atoms with Crippen LogP contribution in [0.3, 0.4) is 0 Å². The summed E-state index contributed by atoms with van der Waals surface area (Å²) in [5, 5.41) is 8.77. The lowest BCUT2D eigenvalue weighted by Crippen LogP contribution is -2.09. The van der Waals surface area contributed by atoms with Crippen LogP contribution in [0.1, 0.15) is 12.8 Å². The van der Waals surface area contributed by atoms with Crippen molar-refractivity contribution >= 4 is 0 Å². The molecular formula is C13H18O. The van der Waals surface area contributed by atoms with E-state index in [4.69, 9.17) is 5.11 Å². The Bertz CT molecular complexity index is 264. The van der Waals surface area contributed by atoms with Crippen LogP contribution in [0.15, 0.2) is 37.0 Å². The number of rotatable bonds is 3. The fourth-order valence-electron chi connectivity index (χ4n) is 2.97. The van der Waals surface area contributed by atoms with E-state index >= 15 is 0 Å². The summed E-state index contributed by atoms with van der Waals surface area (Å²) < 4.78 is 0. The lowest BCUT2D eigenvalue weighted by atomic mass is 9.90. The van der Waals surface area contributed by atoms with Gasteiger partial charge in [0, 0.05) is 0 Å². The molecule has 2 rings (SSSR count). The summed E-state index contributed by atoms with van der Waals surface area (Å²) in [5.41, 5.74) is 0. The third kappa shape index (κ3) is 1.57. The topological polar surface area (TPSA) is 20.2 Å². The van der Waals surface area contributed by atoms with Crippen LogP contribution in [-0.2, 0) is 0 Å². The van der Waals surface area contributed by atoms with Crippen LogP contribution in [0.2, 0.25) is 0 Å². The second-order valence-electron chi connectivity index (χ2n) is 4.31. The molecule has 0 heterocycles. The summed E-state index contributed by atoms with van der Waals surface area (Å²) in [7, 11) is 0. The Kier molecular flexibility index (Phi) is 2.87. The molecule has 0 aliphatic heterocycles. The molecule has 14 heavy (non-hydrogen) atoms. The van der Waals surface area contributed by atoms with E-state index < -0.39 is 0 Å². The number of hydrogen-bond donors (Lipinski definition) is 1. The number of allylic oxidation sites excluding steroid dienone is 4. The minimum atomic E-state index is 0.163. The molecule has 0 bridgehead atoms. The third-order valence-electron chi connectivity index (χ3n) is 3.64. The van der Waals surface area contributed by atoms with Crippen LogP contribution in [0.4, 0.5) is 0 Å². The normalized spacial score (nSPS) is 40.6. The molecule has 4 atom stereocenters. The van der Waals surface area contributed by atoms with E-state index in [9.17, 15) is 0 Å². The maximum absolute atomic E-state index is 8.77. The van der Waals surface area contributed by atoms with Crippen molar-refractivity contribution in [3.05, 3.63) is 37.0 Å². The van der Waals surface area contributed by atoms with Gasteiger partial charge in [0.25, 0.3) is 0 Å². The Balaban J connectivity index is 2.09. The highest BCUT2D eigenvalue weighted by atomic mass is 16.2. The molecule has 2 aliphatic carbocycles.